The maximum absolute atomic E-state index is 12.0. The Balaban J connectivity index is 2.50. The number of rotatable bonds is 2. The van der Waals surface area contributed by atoms with E-state index >= 15 is 0 Å². The number of allylic oxidation sites excluding steroid dienone is 3. The SMILES string of the molecule is C=CC(=C)C1=C(O)OC(=O)C(=C)c2ccc3cc(O)ccc3c21. The molecule has 0 fully saturated rings. The first-order valence-electron chi connectivity index (χ1n) is 6.86. The molecule has 3 rings (SSSR count). The Bertz CT molecular complexity index is 932. The summed E-state index contributed by atoms with van der Waals surface area (Å²) in [6.45, 7) is 11.3. The highest BCUT2D eigenvalue weighted by atomic mass is 16.6. The highest BCUT2D eigenvalue weighted by Gasteiger charge is 2.28. The Morgan fingerprint density at radius 2 is 1.91 bits per heavy atom. The summed E-state index contributed by atoms with van der Waals surface area (Å²) in [5, 5.41) is 21.4. The molecule has 0 radical (unpaired) electrons. The molecular weight excluding hydrogens is 292 g/mol. The first kappa shape index (κ1) is 14.7. The minimum absolute atomic E-state index is 0.120. The second-order valence-electron chi connectivity index (χ2n) is 5.17. The molecule has 1 heterocycles. The van der Waals surface area contributed by atoms with Crippen LogP contribution in [0.15, 0.2) is 67.7 Å². The van der Waals surface area contributed by atoms with Crippen molar-refractivity contribution in [3.05, 3.63) is 78.8 Å². The number of esters is 1. The number of aliphatic hydroxyl groups excluding tert-OH is 1. The summed E-state index contributed by atoms with van der Waals surface area (Å²) >= 11 is 0. The van der Waals surface area contributed by atoms with Gasteiger partial charge < -0.3 is 14.9 Å². The van der Waals surface area contributed by atoms with Crippen molar-refractivity contribution < 1.29 is 19.7 Å². The number of phenols is 1. The van der Waals surface area contributed by atoms with Gasteiger partial charge in [0.25, 0.3) is 5.95 Å². The van der Waals surface area contributed by atoms with E-state index in [1.165, 1.54) is 12.1 Å². The lowest BCUT2D eigenvalue weighted by molar-refractivity contribution is -0.136. The Kier molecular flexibility index (Phi) is 3.30. The third-order valence-electron chi connectivity index (χ3n) is 3.80. The van der Waals surface area contributed by atoms with Crippen LogP contribution < -0.4 is 0 Å². The van der Waals surface area contributed by atoms with Crippen LogP contribution >= 0.6 is 0 Å². The average Bonchev–Trinajstić information content (AvgIpc) is 2.62. The number of hydrogen-bond acceptors (Lipinski definition) is 4. The van der Waals surface area contributed by atoms with Gasteiger partial charge in [0.2, 0.25) is 0 Å². The van der Waals surface area contributed by atoms with E-state index in [-0.39, 0.29) is 16.9 Å². The summed E-state index contributed by atoms with van der Waals surface area (Å²) < 4.78 is 4.95. The number of hydrogen-bond donors (Lipinski definition) is 2. The molecule has 0 atom stereocenters. The summed E-state index contributed by atoms with van der Waals surface area (Å²) in [5.41, 5.74) is 1.93. The van der Waals surface area contributed by atoms with Gasteiger partial charge in [0.05, 0.1) is 11.1 Å². The summed E-state index contributed by atoms with van der Waals surface area (Å²) in [6, 6.07) is 8.30. The molecular formula is C19H14O4. The molecule has 0 unspecified atom stereocenters. The van der Waals surface area contributed by atoms with Gasteiger partial charge in [-0.25, -0.2) is 4.79 Å². The van der Waals surface area contributed by atoms with Crippen LogP contribution in [0.4, 0.5) is 0 Å². The van der Waals surface area contributed by atoms with Gasteiger partial charge >= 0.3 is 5.97 Å². The lowest BCUT2D eigenvalue weighted by Crippen LogP contribution is -2.04. The van der Waals surface area contributed by atoms with E-state index in [0.717, 1.165) is 10.8 Å². The topological polar surface area (TPSA) is 66.8 Å². The number of aliphatic hydroxyl groups is 1. The van der Waals surface area contributed by atoms with E-state index in [0.29, 0.717) is 16.7 Å². The van der Waals surface area contributed by atoms with E-state index < -0.39 is 11.9 Å². The van der Waals surface area contributed by atoms with Crippen molar-refractivity contribution in [3.63, 3.8) is 0 Å². The van der Waals surface area contributed by atoms with Crippen molar-refractivity contribution in [2.75, 3.05) is 0 Å². The summed E-state index contributed by atoms with van der Waals surface area (Å²) in [5.74, 6) is -1.15. The van der Waals surface area contributed by atoms with Crippen molar-refractivity contribution in [1.82, 2.24) is 0 Å². The van der Waals surface area contributed by atoms with Gasteiger partial charge in [0.15, 0.2) is 0 Å². The Morgan fingerprint density at radius 1 is 1.17 bits per heavy atom. The zero-order valence-corrected chi connectivity index (χ0v) is 12.3. The van der Waals surface area contributed by atoms with E-state index in [4.69, 9.17) is 4.74 Å². The van der Waals surface area contributed by atoms with E-state index in [1.807, 2.05) is 0 Å². The molecule has 0 spiro atoms. The predicted octanol–water partition coefficient (Wildman–Crippen LogP) is 4.08. The Hall–Kier alpha value is -3.27. The van der Waals surface area contributed by atoms with Crippen LogP contribution in [-0.4, -0.2) is 16.2 Å². The Labute approximate surface area is 132 Å². The molecule has 0 bridgehead atoms. The maximum Gasteiger partial charge on any atom is 0.345 e. The lowest BCUT2D eigenvalue weighted by Gasteiger charge is -2.14. The molecule has 0 amide bonds. The lowest BCUT2D eigenvalue weighted by atomic mass is 9.88. The van der Waals surface area contributed by atoms with E-state index in [1.54, 1.807) is 24.3 Å². The minimum atomic E-state index is -0.728. The fraction of sp³-hybridized carbons (Fsp3) is 0. The van der Waals surface area contributed by atoms with Crippen molar-refractivity contribution in [1.29, 1.82) is 0 Å². The number of ether oxygens (including phenoxy) is 1. The minimum Gasteiger partial charge on any atom is -0.508 e. The molecule has 2 N–H and O–H groups in total. The monoisotopic (exact) mass is 306 g/mol. The van der Waals surface area contributed by atoms with Gasteiger partial charge in [0.1, 0.15) is 5.75 Å². The standard InChI is InChI=1S/C19H14O4/c1-4-10(2)16-17-14(11(3)18(21)23-19(16)22)7-5-12-9-13(20)6-8-15(12)17/h4-9,20,22H,1-3H2. The molecule has 23 heavy (non-hydrogen) atoms. The molecule has 114 valence electrons. The van der Waals surface area contributed by atoms with Gasteiger partial charge in [0, 0.05) is 5.56 Å². The number of benzene rings is 2. The number of carbonyl (C=O) groups excluding carboxylic acids is 1. The third kappa shape index (κ3) is 2.21. The van der Waals surface area contributed by atoms with Crippen molar-refractivity contribution in [2.24, 2.45) is 0 Å². The molecule has 2 aromatic rings. The van der Waals surface area contributed by atoms with Crippen LogP contribution in [-0.2, 0) is 9.53 Å². The van der Waals surface area contributed by atoms with Crippen LogP contribution in [0.25, 0.3) is 21.9 Å². The quantitative estimate of drug-likeness (QED) is 0.498. The number of fused-ring (bicyclic) bond motifs is 3. The average molecular weight is 306 g/mol. The molecule has 4 heteroatoms. The molecule has 1 aliphatic heterocycles. The zero-order chi connectivity index (χ0) is 16.7. The van der Waals surface area contributed by atoms with E-state index in [9.17, 15) is 15.0 Å². The maximum atomic E-state index is 12.0. The van der Waals surface area contributed by atoms with Gasteiger partial charge in [-0.1, -0.05) is 44.0 Å². The molecule has 2 aromatic carbocycles. The van der Waals surface area contributed by atoms with Gasteiger partial charge in [-0.15, -0.1) is 0 Å². The zero-order valence-electron chi connectivity index (χ0n) is 12.3. The van der Waals surface area contributed by atoms with Crippen LogP contribution in [0.5, 0.6) is 5.75 Å². The fourth-order valence-electron chi connectivity index (χ4n) is 2.66. The smallest absolute Gasteiger partial charge is 0.345 e. The molecule has 0 aliphatic carbocycles. The highest BCUT2D eigenvalue weighted by molar-refractivity contribution is 6.21. The number of carbonyl (C=O) groups is 1. The van der Waals surface area contributed by atoms with Crippen molar-refractivity contribution in [2.45, 2.75) is 0 Å². The number of cyclic esters (lactones) is 1. The normalized spacial score (nSPS) is 14.3. The van der Waals surface area contributed by atoms with Gasteiger partial charge in [-0.05, 0) is 34.0 Å². The van der Waals surface area contributed by atoms with Crippen LogP contribution in [0.2, 0.25) is 0 Å². The highest BCUT2D eigenvalue weighted by Crippen LogP contribution is 2.40. The van der Waals surface area contributed by atoms with Crippen LogP contribution in [0.3, 0.4) is 0 Å². The number of aromatic hydroxyl groups is 1. The van der Waals surface area contributed by atoms with Gasteiger partial charge in [-0.3, -0.25) is 0 Å². The molecule has 0 aromatic heterocycles. The molecule has 0 saturated carbocycles. The first-order valence-corrected chi connectivity index (χ1v) is 6.86. The van der Waals surface area contributed by atoms with Crippen molar-refractivity contribution in [3.8, 4) is 5.75 Å². The van der Waals surface area contributed by atoms with Crippen LogP contribution in [0, 0.1) is 0 Å². The largest absolute Gasteiger partial charge is 0.508 e. The van der Waals surface area contributed by atoms with Crippen molar-refractivity contribution >= 4 is 27.9 Å². The Morgan fingerprint density at radius 3 is 2.61 bits per heavy atom. The van der Waals surface area contributed by atoms with E-state index in [2.05, 4.69) is 19.7 Å². The fourth-order valence-corrected chi connectivity index (χ4v) is 2.66. The molecule has 1 aliphatic rings. The van der Waals surface area contributed by atoms with Crippen LogP contribution in [0.1, 0.15) is 11.1 Å². The molecule has 0 saturated heterocycles. The second-order valence-corrected chi connectivity index (χ2v) is 5.17. The first-order chi connectivity index (χ1) is 10.9. The summed E-state index contributed by atoms with van der Waals surface area (Å²) in [7, 11) is 0. The second kappa shape index (κ2) is 5.18. The third-order valence-corrected chi connectivity index (χ3v) is 3.80. The summed E-state index contributed by atoms with van der Waals surface area (Å²) in [4.78, 5) is 12.0. The predicted molar refractivity (Wildman–Crippen MR) is 89.6 cm³/mol. The van der Waals surface area contributed by atoms with Gasteiger partial charge in [-0.2, -0.15) is 0 Å². The number of phenolic OH excluding ortho intramolecular Hbond substituents is 1. The summed E-state index contributed by atoms with van der Waals surface area (Å²) in [6.07, 6.45) is 1.47. The molecule has 4 nitrogen and oxygen atoms in total.